The highest BCUT2D eigenvalue weighted by Crippen LogP contribution is 2.23. The summed E-state index contributed by atoms with van der Waals surface area (Å²) in [5, 5.41) is 4.49. The summed E-state index contributed by atoms with van der Waals surface area (Å²) in [5.41, 5.74) is 7.44. The zero-order chi connectivity index (χ0) is 7.68. The van der Waals surface area contributed by atoms with E-state index in [1.54, 1.807) is 6.20 Å². The first-order valence-corrected chi connectivity index (χ1v) is 4.68. The Morgan fingerprint density at radius 3 is 2.82 bits per heavy atom. The van der Waals surface area contributed by atoms with Gasteiger partial charge in [0.05, 0.1) is 11.9 Å². The van der Waals surface area contributed by atoms with Crippen LogP contribution in [-0.4, -0.2) is 9.36 Å². The van der Waals surface area contributed by atoms with Gasteiger partial charge in [-0.25, -0.2) is 9.36 Å². The van der Waals surface area contributed by atoms with E-state index >= 15 is 0 Å². The molecule has 0 saturated carbocycles. The smallest absolute Gasteiger partial charge is 0.180 e. The molecule has 0 amide bonds. The predicted octanol–water partition coefficient (Wildman–Crippen LogP) is 1.85. The molecule has 2 heterocycles. The number of hydrogen-bond acceptors (Lipinski definition) is 5. The molecule has 0 bridgehead atoms. The monoisotopic (exact) mass is 183 g/mol. The SMILES string of the molecule is Nc1nc(-c2cnsc2)cs1. The molecule has 11 heavy (non-hydrogen) atoms. The molecule has 0 aliphatic carbocycles. The van der Waals surface area contributed by atoms with E-state index in [2.05, 4.69) is 9.36 Å². The van der Waals surface area contributed by atoms with Crippen molar-refractivity contribution in [3.63, 3.8) is 0 Å². The second-order valence-electron chi connectivity index (χ2n) is 1.98. The van der Waals surface area contributed by atoms with Crippen molar-refractivity contribution in [2.75, 3.05) is 5.73 Å². The zero-order valence-electron chi connectivity index (χ0n) is 5.52. The highest BCUT2D eigenvalue weighted by Gasteiger charge is 2.01. The lowest BCUT2D eigenvalue weighted by atomic mass is 10.3. The van der Waals surface area contributed by atoms with Crippen LogP contribution in [0.2, 0.25) is 0 Å². The van der Waals surface area contributed by atoms with Crippen molar-refractivity contribution in [3.8, 4) is 11.3 Å². The number of thiazole rings is 1. The summed E-state index contributed by atoms with van der Waals surface area (Å²) in [7, 11) is 0. The molecule has 0 atom stereocenters. The maximum atomic E-state index is 5.48. The number of anilines is 1. The molecule has 0 saturated heterocycles. The largest absolute Gasteiger partial charge is 0.375 e. The normalized spacial score (nSPS) is 10.2. The van der Waals surface area contributed by atoms with E-state index in [0.717, 1.165) is 11.3 Å². The third-order valence-corrected chi connectivity index (χ3v) is 2.51. The van der Waals surface area contributed by atoms with Gasteiger partial charge in [0.1, 0.15) is 0 Å². The highest BCUT2D eigenvalue weighted by atomic mass is 32.1. The molecule has 2 N–H and O–H groups in total. The summed E-state index contributed by atoms with van der Waals surface area (Å²) in [5.74, 6) is 0. The second kappa shape index (κ2) is 2.60. The van der Waals surface area contributed by atoms with Crippen molar-refractivity contribution in [2.45, 2.75) is 0 Å². The molecular formula is C6H5N3S2. The summed E-state index contributed by atoms with van der Waals surface area (Å²) >= 11 is 2.86. The fourth-order valence-electron chi connectivity index (χ4n) is 0.752. The number of aromatic nitrogens is 2. The minimum absolute atomic E-state index is 0.603. The topological polar surface area (TPSA) is 51.8 Å². The molecule has 0 aromatic carbocycles. The first-order chi connectivity index (χ1) is 5.36. The van der Waals surface area contributed by atoms with Crippen molar-refractivity contribution < 1.29 is 0 Å². The van der Waals surface area contributed by atoms with E-state index in [1.165, 1.54) is 22.9 Å². The van der Waals surface area contributed by atoms with Crippen LogP contribution in [0.4, 0.5) is 5.13 Å². The maximum absolute atomic E-state index is 5.48. The number of hydrogen-bond donors (Lipinski definition) is 1. The van der Waals surface area contributed by atoms with Crippen LogP contribution in [0.5, 0.6) is 0 Å². The predicted molar refractivity (Wildman–Crippen MR) is 47.6 cm³/mol. The van der Waals surface area contributed by atoms with Gasteiger partial charge in [-0.05, 0) is 11.5 Å². The molecule has 56 valence electrons. The minimum atomic E-state index is 0.603. The summed E-state index contributed by atoms with van der Waals surface area (Å²) in [4.78, 5) is 4.12. The Morgan fingerprint density at radius 2 is 2.27 bits per heavy atom. The van der Waals surface area contributed by atoms with Gasteiger partial charge in [-0.2, -0.15) is 0 Å². The molecule has 0 fully saturated rings. The summed E-state index contributed by atoms with van der Waals surface area (Å²) < 4.78 is 3.97. The van der Waals surface area contributed by atoms with E-state index in [4.69, 9.17) is 5.73 Å². The standard InChI is InChI=1S/C6H5N3S2/c7-6-9-5(3-10-6)4-1-8-11-2-4/h1-3H,(H2,7,9). The fraction of sp³-hybridized carbons (Fsp3) is 0. The second-order valence-corrected chi connectivity index (χ2v) is 3.53. The van der Waals surface area contributed by atoms with Crippen molar-refractivity contribution in [1.29, 1.82) is 0 Å². The third-order valence-electron chi connectivity index (χ3n) is 1.25. The molecule has 2 aromatic rings. The van der Waals surface area contributed by atoms with Gasteiger partial charge in [-0.1, -0.05) is 0 Å². The van der Waals surface area contributed by atoms with Crippen LogP contribution in [-0.2, 0) is 0 Å². The van der Waals surface area contributed by atoms with Gasteiger partial charge >= 0.3 is 0 Å². The van der Waals surface area contributed by atoms with Crippen LogP contribution < -0.4 is 5.73 Å². The average Bonchev–Trinajstić information content (AvgIpc) is 2.55. The molecule has 0 aliphatic rings. The molecule has 0 aliphatic heterocycles. The van der Waals surface area contributed by atoms with Crippen molar-refractivity contribution in [2.24, 2.45) is 0 Å². The lowest BCUT2D eigenvalue weighted by Crippen LogP contribution is -1.81. The van der Waals surface area contributed by atoms with Crippen molar-refractivity contribution in [1.82, 2.24) is 9.36 Å². The van der Waals surface area contributed by atoms with E-state index in [0.29, 0.717) is 5.13 Å². The van der Waals surface area contributed by atoms with Crippen molar-refractivity contribution >= 4 is 28.0 Å². The van der Waals surface area contributed by atoms with Gasteiger partial charge in [0, 0.05) is 16.3 Å². The Labute approximate surface area is 71.7 Å². The summed E-state index contributed by atoms with van der Waals surface area (Å²) in [6, 6.07) is 0. The van der Waals surface area contributed by atoms with Gasteiger partial charge in [0.25, 0.3) is 0 Å². The number of rotatable bonds is 1. The fourth-order valence-corrected chi connectivity index (χ4v) is 1.85. The van der Waals surface area contributed by atoms with Gasteiger partial charge in [0.15, 0.2) is 5.13 Å². The highest BCUT2D eigenvalue weighted by molar-refractivity contribution is 7.13. The van der Waals surface area contributed by atoms with Crippen LogP contribution in [0.25, 0.3) is 11.3 Å². The molecular weight excluding hydrogens is 178 g/mol. The Kier molecular flexibility index (Phi) is 1.59. The van der Waals surface area contributed by atoms with Crippen LogP contribution >= 0.6 is 22.9 Å². The van der Waals surface area contributed by atoms with Gasteiger partial charge < -0.3 is 5.73 Å². The molecule has 2 rings (SSSR count). The molecule has 0 unspecified atom stereocenters. The number of nitrogen functional groups attached to an aromatic ring is 1. The minimum Gasteiger partial charge on any atom is -0.375 e. The Bertz CT molecular complexity index is 338. The summed E-state index contributed by atoms with van der Waals surface area (Å²) in [6.45, 7) is 0. The molecule has 0 radical (unpaired) electrons. The lowest BCUT2D eigenvalue weighted by Gasteiger charge is -1.83. The molecule has 0 spiro atoms. The van der Waals surface area contributed by atoms with Crippen LogP contribution in [0.15, 0.2) is 17.0 Å². The Balaban J connectivity index is 2.45. The van der Waals surface area contributed by atoms with Gasteiger partial charge in [-0.3, -0.25) is 0 Å². The molecule has 3 nitrogen and oxygen atoms in total. The van der Waals surface area contributed by atoms with Gasteiger partial charge in [0.2, 0.25) is 0 Å². The quantitative estimate of drug-likeness (QED) is 0.734. The van der Waals surface area contributed by atoms with Gasteiger partial charge in [-0.15, -0.1) is 11.3 Å². The molecule has 2 aromatic heterocycles. The third kappa shape index (κ3) is 1.24. The van der Waals surface area contributed by atoms with E-state index in [-0.39, 0.29) is 0 Å². The van der Waals surface area contributed by atoms with Crippen LogP contribution in [0.3, 0.4) is 0 Å². The first kappa shape index (κ1) is 6.75. The maximum Gasteiger partial charge on any atom is 0.180 e. The van der Waals surface area contributed by atoms with Crippen LogP contribution in [0.1, 0.15) is 0 Å². The summed E-state index contributed by atoms with van der Waals surface area (Å²) in [6.07, 6.45) is 1.79. The van der Waals surface area contributed by atoms with E-state index in [9.17, 15) is 0 Å². The van der Waals surface area contributed by atoms with E-state index in [1.807, 2.05) is 10.8 Å². The average molecular weight is 183 g/mol. The zero-order valence-corrected chi connectivity index (χ0v) is 7.15. The number of nitrogens with two attached hydrogens (primary N) is 1. The first-order valence-electron chi connectivity index (χ1n) is 2.97. The van der Waals surface area contributed by atoms with Crippen LogP contribution in [0, 0.1) is 0 Å². The Hall–Kier alpha value is -0.940. The molecule has 5 heteroatoms. The van der Waals surface area contributed by atoms with Crippen molar-refractivity contribution in [3.05, 3.63) is 17.0 Å². The number of nitrogens with zero attached hydrogens (tertiary/aromatic N) is 2. The lowest BCUT2D eigenvalue weighted by molar-refractivity contribution is 1.41. The Morgan fingerprint density at radius 1 is 1.36 bits per heavy atom. The van der Waals surface area contributed by atoms with E-state index < -0.39 is 0 Å².